The highest BCUT2D eigenvalue weighted by atomic mass is 16.5. The smallest absolute Gasteiger partial charge is 0.251 e. The molecule has 4 nitrogen and oxygen atoms in total. The van der Waals surface area contributed by atoms with Gasteiger partial charge in [0.1, 0.15) is 11.9 Å². The summed E-state index contributed by atoms with van der Waals surface area (Å²) in [5.41, 5.74) is 3.19. The van der Waals surface area contributed by atoms with Gasteiger partial charge in [-0.2, -0.15) is 0 Å². The Labute approximate surface area is 192 Å². The molecule has 2 heterocycles. The molecule has 2 bridgehead atoms. The molecule has 0 spiro atoms. The summed E-state index contributed by atoms with van der Waals surface area (Å²) in [6.45, 7) is 0.513. The average Bonchev–Trinajstić information content (AvgIpc) is 3.04. The topological polar surface area (TPSA) is 41.6 Å². The van der Waals surface area contributed by atoms with Gasteiger partial charge in [-0.05, 0) is 86.9 Å². The van der Waals surface area contributed by atoms with E-state index in [0.29, 0.717) is 30.7 Å². The summed E-state index contributed by atoms with van der Waals surface area (Å²) in [7, 11) is 2.26. The van der Waals surface area contributed by atoms with Crippen LogP contribution in [0.15, 0.2) is 48.5 Å². The standard InChI is InChI=1S/C28H36N2O2/c1-30-24-14-15-25(30)18-27(17-24)32-26-9-5-6-20(16-26)19-29-28(31)23-12-10-22(11-13-23)21-7-3-2-4-8-21/h5-6,9-13,16,21,24-25,27H,2-4,7-8,14-15,17-19H2,1H3,(H,29,31)/t24-,25+,27+. The van der Waals surface area contributed by atoms with Crippen LogP contribution in [0, 0.1) is 0 Å². The van der Waals surface area contributed by atoms with Crippen LogP contribution in [0.4, 0.5) is 0 Å². The zero-order valence-corrected chi connectivity index (χ0v) is 19.3. The van der Waals surface area contributed by atoms with E-state index in [1.165, 1.54) is 50.5 Å². The number of hydrogen-bond acceptors (Lipinski definition) is 3. The Hall–Kier alpha value is -2.33. The summed E-state index contributed by atoms with van der Waals surface area (Å²) < 4.78 is 6.35. The predicted molar refractivity (Wildman–Crippen MR) is 128 cm³/mol. The van der Waals surface area contributed by atoms with Crippen LogP contribution in [0.5, 0.6) is 5.75 Å². The number of nitrogens with one attached hydrogen (secondary N) is 1. The van der Waals surface area contributed by atoms with Gasteiger partial charge in [0.15, 0.2) is 0 Å². The van der Waals surface area contributed by atoms with Crippen molar-refractivity contribution in [1.82, 2.24) is 10.2 Å². The maximum Gasteiger partial charge on any atom is 0.251 e. The average molecular weight is 433 g/mol. The summed E-state index contributed by atoms with van der Waals surface area (Å²) in [5.74, 6) is 1.57. The second kappa shape index (κ2) is 9.66. The fourth-order valence-electron chi connectivity index (χ4n) is 6.01. The van der Waals surface area contributed by atoms with E-state index in [1.807, 2.05) is 24.3 Å². The first-order valence-electron chi connectivity index (χ1n) is 12.5. The van der Waals surface area contributed by atoms with Crippen molar-refractivity contribution in [1.29, 1.82) is 0 Å². The molecule has 0 aromatic heterocycles. The molecule has 3 fully saturated rings. The van der Waals surface area contributed by atoms with Crippen molar-refractivity contribution < 1.29 is 9.53 Å². The van der Waals surface area contributed by atoms with E-state index >= 15 is 0 Å². The van der Waals surface area contributed by atoms with Gasteiger partial charge in [0.05, 0.1) is 0 Å². The molecule has 1 saturated carbocycles. The fourth-order valence-corrected chi connectivity index (χ4v) is 6.01. The quantitative estimate of drug-likeness (QED) is 0.640. The van der Waals surface area contributed by atoms with Crippen LogP contribution in [-0.2, 0) is 6.54 Å². The van der Waals surface area contributed by atoms with Gasteiger partial charge >= 0.3 is 0 Å². The Morgan fingerprint density at radius 3 is 2.41 bits per heavy atom. The molecule has 5 rings (SSSR count). The van der Waals surface area contributed by atoms with Gasteiger partial charge in [-0.25, -0.2) is 0 Å². The van der Waals surface area contributed by atoms with E-state index in [2.05, 4.69) is 41.5 Å². The van der Waals surface area contributed by atoms with E-state index in [-0.39, 0.29) is 5.91 Å². The number of carbonyl (C=O) groups is 1. The number of amides is 1. The van der Waals surface area contributed by atoms with Crippen LogP contribution in [0.25, 0.3) is 0 Å². The minimum Gasteiger partial charge on any atom is -0.490 e. The number of carbonyl (C=O) groups excluding carboxylic acids is 1. The van der Waals surface area contributed by atoms with E-state index in [9.17, 15) is 4.79 Å². The Morgan fingerprint density at radius 1 is 0.969 bits per heavy atom. The lowest BCUT2D eigenvalue weighted by Gasteiger charge is -2.36. The first-order chi connectivity index (χ1) is 15.7. The number of fused-ring (bicyclic) bond motifs is 2. The molecule has 1 N–H and O–H groups in total. The normalized spacial score (nSPS) is 26.1. The molecule has 1 amide bonds. The number of piperidine rings is 1. The molecule has 2 aromatic carbocycles. The lowest BCUT2D eigenvalue weighted by molar-refractivity contribution is 0.0661. The number of ether oxygens (including phenoxy) is 1. The van der Waals surface area contributed by atoms with Gasteiger partial charge < -0.3 is 15.0 Å². The van der Waals surface area contributed by atoms with Gasteiger partial charge in [-0.15, -0.1) is 0 Å². The van der Waals surface area contributed by atoms with Crippen molar-refractivity contribution in [2.45, 2.75) is 88.4 Å². The second-order valence-corrected chi connectivity index (χ2v) is 10.0. The molecular formula is C28H36N2O2. The largest absolute Gasteiger partial charge is 0.490 e. The molecule has 4 heteroatoms. The Bertz CT molecular complexity index is 905. The SMILES string of the molecule is CN1[C@@H]2CC[C@H]1C[C@@H](Oc1cccc(CNC(=O)c3ccc(C4CCCCC4)cc3)c1)C2. The summed E-state index contributed by atoms with van der Waals surface area (Å²) >= 11 is 0. The fraction of sp³-hybridized carbons (Fsp3) is 0.536. The zero-order chi connectivity index (χ0) is 21.9. The number of nitrogens with zero attached hydrogens (tertiary/aromatic N) is 1. The summed E-state index contributed by atoms with van der Waals surface area (Å²) in [5, 5.41) is 3.07. The lowest BCUT2D eigenvalue weighted by atomic mass is 9.84. The molecule has 3 aliphatic rings. The van der Waals surface area contributed by atoms with Crippen molar-refractivity contribution in [2.24, 2.45) is 0 Å². The van der Waals surface area contributed by atoms with E-state index < -0.39 is 0 Å². The minimum absolute atomic E-state index is 0.0154. The molecule has 3 atom stereocenters. The van der Waals surface area contributed by atoms with Crippen LogP contribution in [0.2, 0.25) is 0 Å². The highest BCUT2D eigenvalue weighted by molar-refractivity contribution is 5.94. The lowest BCUT2D eigenvalue weighted by Crippen LogP contribution is -2.43. The molecule has 2 aromatic rings. The van der Waals surface area contributed by atoms with Gasteiger partial charge in [-0.1, -0.05) is 43.5 Å². The predicted octanol–water partition coefficient (Wildman–Crippen LogP) is 5.67. The summed E-state index contributed by atoms with van der Waals surface area (Å²) in [6.07, 6.45) is 11.7. The van der Waals surface area contributed by atoms with Crippen LogP contribution in [0.1, 0.15) is 85.2 Å². The third-order valence-corrected chi connectivity index (χ3v) is 7.96. The monoisotopic (exact) mass is 432 g/mol. The third kappa shape index (κ3) is 4.85. The van der Waals surface area contributed by atoms with Gasteiger partial charge in [0.25, 0.3) is 5.91 Å². The van der Waals surface area contributed by atoms with Crippen molar-refractivity contribution in [3.05, 3.63) is 65.2 Å². The Kier molecular flexibility index (Phi) is 6.49. The van der Waals surface area contributed by atoms with Crippen molar-refractivity contribution in [2.75, 3.05) is 7.05 Å². The van der Waals surface area contributed by atoms with Crippen LogP contribution >= 0.6 is 0 Å². The Balaban J connectivity index is 1.14. The van der Waals surface area contributed by atoms with Crippen LogP contribution in [-0.4, -0.2) is 36.0 Å². The van der Waals surface area contributed by atoms with Gasteiger partial charge in [0, 0.05) is 24.2 Å². The maximum absolute atomic E-state index is 12.7. The number of benzene rings is 2. The molecule has 1 aliphatic carbocycles. The molecule has 2 saturated heterocycles. The van der Waals surface area contributed by atoms with Crippen LogP contribution < -0.4 is 10.1 Å². The Morgan fingerprint density at radius 2 is 1.69 bits per heavy atom. The van der Waals surface area contributed by atoms with E-state index in [1.54, 1.807) is 0 Å². The maximum atomic E-state index is 12.7. The summed E-state index contributed by atoms with van der Waals surface area (Å²) in [4.78, 5) is 15.2. The van der Waals surface area contributed by atoms with Crippen molar-refractivity contribution in [3.8, 4) is 5.75 Å². The molecule has 0 unspecified atom stereocenters. The number of rotatable bonds is 6. The minimum atomic E-state index is -0.0154. The molecule has 0 radical (unpaired) electrons. The molecule has 32 heavy (non-hydrogen) atoms. The van der Waals surface area contributed by atoms with Gasteiger partial charge in [0.2, 0.25) is 0 Å². The van der Waals surface area contributed by atoms with E-state index in [0.717, 1.165) is 29.7 Å². The van der Waals surface area contributed by atoms with E-state index in [4.69, 9.17) is 4.74 Å². The molecule has 2 aliphatic heterocycles. The van der Waals surface area contributed by atoms with Crippen molar-refractivity contribution in [3.63, 3.8) is 0 Å². The molecule has 170 valence electrons. The third-order valence-electron chi connectivity index (χ3n) is 7.96. The highest BCUT2D eigenvalue weighted by Gasteiger charge is 2.39. The first-order valence-corrected chi connectivity index (χ1v) is 12.5. The zero-order valence-electron chi connectivity index (χ0n) is 19.3. The summed E-state index contributed by atoms with van der Waals surface area (Å²) in [6, 6.07) is 17.8. The second-order valence-electron chi connectivity index (χ2n) is 10.0. The van der Waals surface area contributed by atoms with Crippen molar-refractivity contribution >= 4 is 5.91 Å². The molecular weight excluding hydrogens is 396 g/mol. The highest BCUT2D eigenvalue weighted by Crippen LogP contribution is 2.36. The van der Waals surface area contributed by atoms with Crippen LogP contribution in [0.3, 0.4) is 0 Å². The first kappa shape index (κ1) is 21.5. The van der Waals surface area contributed by atoms with Gasteiger partial charge in [-0.3, -0.25) is 4.79 Å². The number of hydrogen-bond donors (Lipinski definition) is 1.